The number of sulfonamides is 1. The van der Waals surface area contributed by atoms with Gasteiger partial charge in [-0.1, -0.05) is 107 Å². The molecule has 0 spiro atoms. The van der Waals surface area contributed by atoms with Crippen LogP contribution in [0.15, 0.2) is 96.2 Å². The SMILES string of the molecule is O=C(NN(C(=O)C1[C@@H](c2ccccc2)CCN1S(=O)(=O)c1cc(Cl)cc(Cl)c1)[C@@H](Cc1ccccc1)C(=O)O)c1c(Cl)cncc1Cl. The lowest BCUT2D eigenvalue weighted by molar-refractivity contribution is -0.154. The highest BCUT2D eigenvalue weighted by Crippen LogP contribution is 2.39. The standard InChI is InChI=1S/C32H26Cl4N4O6S/c33-21-14-22(34)16-23(15-21)47(45,46)39-12-11-24(20-9-5-2-6-10-20)29(39)31(42)40(27(32(43)44)13-19-7-3-1-4-8-19)38-30(41)28-25(35)17-37-18-26(28)36/h1-10,14-18,24,27,29H,11-13H2,(H,38,41)(H,43,44)/t24-,27+,29?/m1/s1. The zero-order chi connectivity index (χ0) is 33.9. The molecule has 2 N–H and O–H groups in total. The summed E-state index contributed by atoms with van der Waals surface area (Å²) in [5, 5.41) is 10.9. The lowest BCUT2D eigenvalue weighted by Gasteiger charge is -2.35. The molecule has 1 aliphatic rings. The van der Waals surface area contributed by atoms with Gasteiger partial charge in [0.05, 0.1) is 20.5 Å². The van der Waals surface area contributed by atoms with Crippen LogP contribution in [0.5, 0.6) is 0 Å². The highest BCUT2D eigenvalue weighted by Gasteiger charge is 2.50. The zero-order valence-electron chi connectivity index (χ0n) is 24.3. The third-order valence-electron chi connectivity index (χ3n) is 7.68. The topological polar surface area (TPSA) is 137 Å². The number of aliphatic carboxylic acids is 1. The van der Waals surface area contributed by atoms with Crippen LogP contribution in [-0.2, 0) is 26.0 Å². The van der Waals surface area contributed by atoms with Crippen molar-refractivity contribution < 1.29 is 27.9 Å². The van der Waals surface area contributed by atoms with Gasteiger partial charge in [-0.3, -0.25) is 20.0 Å². The van der Waals surface area contributed by atoms with Crippen LogP contribution >= 0.6 is 46.4 Å². The highest BCUT2D eigenvalue weighted by atomic mass is 35.5. The van der Waals surface area contributed by atoms with E-state index in [1.807, 2.05) is 0 Å². The molecule has 10 nitrogen and oxygen atoms in total. The third-order valence-corrected chi connectivity index (χ3v) is 10.6. The van der Waals surface area contributed by atoms with Crippen molar-refractivity contribution in [1.82, 2.24) is 19.7 Å². The maximum atomic E-state index is 14.8. The Morgan fingerprint density at radius 3 is 2.06 bits per heavy atom. The lowest BCUT2D eigenvalue weighted by Crippen LogP contribution is -2.61. The van der Waals surface area contributed by atoms with E-state index in [1.165, 1.54) is 30.6 Å². The minimum Gasteiger partial charge on any atom is -0.480 e. The van der Waals surface area contributed by atoms with Gasteiger partial charge in [-0.05, 0) is 35.7 Å². The van der Waals surface area contributed by atoms with Crippen molar-refractivity contribution in [2.75, 3.05) is 6.54 Å². The van der Waals surface area contributed by atoms with Crippen molar-refractivity contribution in [2.24, 2.45) is 0 Å². The summed E-state index contributed by atoms with van der Waals surface area (Å²) < 4.78 is 29.3. The van der Waals surface area contributed by atoms with E-state index in [-0.39, 0.29) is 49.9 Å². The van der Waals surface area contributed by atoms with Gasteiger partial charge in [0.1, 0.15) is 6.04 Å². The second kappa shape index (κ2) is 14.6. The number of rotatable bonds is 9. The maximum Gasteiger partial charge on any atom is 0.328 e. The van der Waals surface area contributed by atoms with Gasteiger partial charge in [0.15, 0.2) is 6.04 Å². The maximum absolute atomic E-state index is 14.8. The Labute approximate surface area is 290 Å². The molecule has 2 heterocycles. The molecule has 4 aromatic rings. The van der Waals surface area contributed by atoms with E-state index in [2.05, 4.69) is 10.4 Å². The van der Waals surface area contributed by atoms with E-state index in [0.29, 0.717) is 16.1 Å². The second-order valence-corrected chi connectivity index (χ2v) is 14.2. The number of benzene rings is 3. The van der Waals surface area contributed by atoms with Crippen molar-refractivity contribution in [3.8, 4) is 0 Å². The number of aromatic nitrogens is 1. The summed E-state index contributed by atoms with van der Waals surface area (Å²) in [5.41, 5.74) is 3.31. The van der Waals surface area contributed by atoms with Crippen LogP contribution in [-0.4, -0.2) is 64.2 Å². The molecule has 0 radical (unpaired) electrons. The number of hydrazine groups is 1. The Morgan fingerprint density at radius 1 is 0.915 bits per heavy atom. The Morgan fingerprint density at radius 2 is 1.49 bits per heavy atom. The number of carboxylic acid groups (broad SMARTS) is 1. The van der Waals surface area contributed by atoms with Crippen molar-refractivity contribution in [3.63, 3.8) is 0 Å². The monoisotopic (exact) mass is 734 g/mol. The molecule has 244 valence electrons. The second-order valence-electron chi connectivity index (χ2n) is 10.6. The minimum absolute atomic E-state index is 0.0616. The molecule has 0 aliphatic carbocycles. The predicted octanol–water partition coefficient (Wildman–Crippen LogP) is 6.11. The molecule has 0 bridgehead atoms. The third kappa shape index (κ3) is 7.56. The summed E-state index contributed by atoms with van der Waals surface area (Å²) >= 11 is 24.8. The first-order valence-corrected chi connectivity index (χ1v) is 17.1. The first-order valence-electron chi connectivity index (χ1n) is 14.1. The van der Waals surface area contributed by atoms with Crippen molar-refractivity contribution >= 4 is 74.2 Å². The van der Waals surface area contributed by atoms with Crippen LogP contribution in [0, 0.1) is 0 Å². The number of nitrogens with one attached hydrogen (secondary N) is 1. The average molecular weight is 736 g/mol. The van der Waals surface area contributed by atoms with Crippen LogP contribution in [0.3, 0.4) is 0 Å². The smallest absolute Gasteiger partial charge is 0.328 e. The van der Waals surface area contributed by atoms with E-state index in [4.69, 9.17) is 46.4 Å². The Hall–Kier alpha value is -3.71. The summed E-state index contributed by atoms with van der Waals surface area (Å²) in [6, 6.07) is 17.8. The van der Waals surface area contributed by atoms with Gasteiger partial charge in [0, 0.05) is 41.3 Å². The number of halogens is 4. The number of carboxylic acids is 1. The van der Waals surface area contributed by atoms with Gasteiger partial charge in [-0.25, -0.2) is 18.2 Å². The van der Waals surface area contributed by atoms with Gasteiger partial charge in [0.25, 0.3) is 11.8 Å². The molecule has 1 aliphatic heterocycles. The van der Waals surface area contributed by atoms with E-state index in [9.17, 15) is 27.9 Å². The molecule has 47 heavy (non-hydrogen) atoms. The number of carbonyl (C=O) groups excluding carboxylic acids is 2. The van der Waals surface area contributed by atoms with E-state index in [1.54, 1.807) is 60.7 Å². The summed E-state index contributed by atoms with van der Waals surface area (Å²) in [7, 11) is -4.44. The fraction of sp³-hybridized carbons (Fsp3) is 0.188. The van der Waals surface area contributed by atoms with Crippen LogP contribution < -0.4 is 5.43 Å². The number of amides is 2. The van der Waals surface area contributed by atoms with Gasteiger partial charge in [0.2, 0.25) is 10.0 Å². The van der Waals surface area contributed by atoms with Gasteiger partial charge < -0.3 is 5.11 Å². The first kappa shape index (κ1) is 34.6. The molecule has 3 atom stereocenters. The van der Waals surface area contributed by atoms with Gasteiger partial charge in [-0.15, -0.1) is 0 Å². The molecule has 1 fully saturated rings. The molecule has 1 aromatic heterocycles. The summed E-state index contributed by atoms with van der Waals surface area (Å²) in [6.45, 7) is -0.108. The molecule has 3 aromatic carbocycles. The van der Waals surface area contributed by atoms with Crippen molar-refractivity contribution in [1.29, 1.82) is 0 Å². The quantitative estimate of drug-likeness (QED) is 0.198. The zero-order valence-corrected chi connectivity index (χ0v) is 28.1. The molecule has 1 unspecified atom stereocenters. The van der Waals surface area contributed by atoms with Gasteiger partial charge >= 0.3 is 5.97 Å². The minimum atomic E-state index is -4.44. The average Bonchev–Trinajstić information content (AvgIpc) is 3.49. The van der Waals surface area contributed by atoms with Crippen LogP contribution in [0.2, 0.25) is 20.1 Å². The van der Waals surface area contributed by atoms with E-state index >= 15 is 0 Å². The lowest BCUT2D eigenvalue weighted by atomic mass is 9.91. The van der Waals surface area contributed by atoms with Crippen molar-refractivity contribution in [2.45, 2.75) is 35.7 Å². The number of hydrogen-bond acceptors (Lipinski definition) is 6. The number of hydrogen-bond donors (Lipinski definition) is 2. The fourth-order valence-corrected chi connectivity index (χ4v) is 8.44. The largest absolute Gasteiger partial charge is 0.480 e. The molecule has 15 heteroatoms. The summed E-state index contributed by atoms with van der Waals surface area (Å²) in [4.78, 5) is 45.0. The number of pyridine rings is 1. The summed E-state index contributed by atoms with van der Waals surface area (Å²) in [5.74, 6) is -4.18. The van der Waals surface area contributed by atoms with Crippen molar-refractivity contribution in [3.05, 3.63) is 128 Å². The van der Waals surface area contributed by atoms with Crippen LogP contribution in [0.1, 0.15) is 33.8 Å². The molecule has 2 amide bonds. The Balaban J connectivity index is 1.65. The van der Waals surface area contributed by atoms with E-state index < -0.39 is 45.8 Å². The molecule has 0 saturated carbocycles. The van der Waals surface area contributed by atoms with Gasteiger partial charge in [-0.2, -0.15) is 4.31 Å². The summed E-state index contributed by atoms with van der Waals surface area (Å²) in [6.07, 6.45) is 2.30. The predicted molar refractivity (Wildman–Crippen MR) is 178 cm³/mol. The molecular weight excluding hydrogens is 710 g/mol. The van der Waals surface area contributed by atoms with Crippen LogP contribution in [0.25, 0.3) is 0 Å². The molecular formula is C32H26Cl4N4O6S. The Bertz CT molecular complexity index is 1880. The number of carbonyl (C=O) groups is 3. The van der Waals surface area contributed by atoms with Crippen LogP contribution in [0.4, 0.5) is 0 Å². The Kier molecular flexibility index (Phi) is 10.7. The normalized spacial score (nSPS) is 17.2. The van der Waals surface area contributed by atoms with E-state index in [0.717, 1.165) is 4.31 Å². The number of nitrogens with zero attached hydrogens (tertiary/aromatic N) is 3. The fourth-order valence-electron chi connectivity index (χ4n) is 5.54. The highest BCUT2D eigenvalue weighted by molar-refractivity contribution is 7.89. The molecule has 1 saturated heterocycles. The first-order chi connectivity index (χ1) is 22.4. The molecule has 5 rings (SSSR count).